The Hall–Kier alpha value is 0.280. The number of alkyl halides is 6. The molecule has 0 bridgehead atoms. The number of halogens is 8. The molecule has 2 aliphatic carbocycles. The Morgan fingerprint density at radius 1 is 0.714 bits per heavy atom. The van der Waals surface area contributed by atoms with Crippen molar-refractivity contribution in [2.45, 2.75) is 20.5 Å². The molecule has 2 aliphatic rings. The van der Waals surface area contributed by atoms with Crippen LogP contribution in [0, 0.1) is 0 Å². The molecular weight excluding hydrogens is 346 g/mol. The normalized spacial score (nSPS) is 61.7. The van der Waals surface area contributed by atoms with Gasteiger partial charge in [-0.05, 0) is 31.9 Å². The average molecular weight is 346 g/mol. The van der Waals surface area contributed by atoms with Gasteiger partial charge in [-0.25, -0.2) is 26.3 Å². The molecule has 0 N–H and O–H groups in total. The van der Waals surface area contributed by atoms with Gasteiger partial charge in [-0.3, -0.25) is 0 Å². The van der Waals surface area contributed by atoms with Gasteiger partial charge in [0.2, 0.25) is 0 Å². The summed E-state index contributed by atoms with van der Waals surface area (Å²) in [5.41, 5.74) is -7.88. The smallest absolute Gasteiger partial charge is 0.227 e. The maximum absolute atomic E-state index is 13.2. The van der Waals surface area contributed by atoms with Crippen molar-refractivity contribution in [3.63, 3.8) is 0 Å². The molecule has 0 aliphatic heterocycles. The van der Waals surface area contributed by atoms with Gasteiger partial charge in [-0.2, -0.15) is 0 Å². The van der Waals surface area contributed by atoms with E-state index in [1.54, 1.807) is 0 Å². The molecule has 0 aromatic carbocycles. The van der Waals surface area contributed by atoms with Gasteiger partial charge in [0.25, 0.3) is 20.5 Å². The fraction of sp³-hybridized carbons (Fsp3) is 0.667. The molecule has 0 aromatic rings. The Morgan fingerprint density at radius 2 is 0.929 bits per heavy atom. The fourth-order valence-electron chi connectivity index (χ4n) is 1.62. The average Bonchev–Trinajstić information content (AvgIpc) is 2.11. The lowest BCUT2D eigenvalue weighted by atomic mass is 9.55. The summed E-state index contributed by atoms with van der Waals surface area (Å²) in [5.74, 6) is -4.51. The molecule has 1 saturated carbocycles. The van der Waals surface area contributed by atoms with E-state index in [0.29, 0.717) is 0 Å². The maximum Gasteiger partial charge on any atom is 0.256 e. The van der Waals surface area contributed by atoms with Crippen molar-refractivity contribution in [3.05, 3.63) is 11.7 Å². The van der Waals surface area contributed by atoms with Crippen molar-refractivity contribution >= 4 is 31.9 Å². The van der Waals surface area contributed by atoms with E-state index in [2.05, 4.69) is 0 Å². The van der Waals surface area contributed by atoms with E-state index in [1.807, 2.05) is 31.9 Å². The van der Waals surface area contributed by atoms with Crippen LogP contribution in [0.1, 0.15) is 0 Å². The molecule has 4 atom stereocenters. The first-order valence-electron chi connectivity index (χ1n) is 3.26. The molecule has 8 heteroatoms. The highest BCUT2D eigenvalue weighted by molar-refractivity contribution is 9.13. The zero-order chi connectivity index (χ0) is 11.2. The van der Waals surface area contributed by atoms with Crippen molar-refractivity contribution < 1.29 is 26.3 Å². The third-order valence-electron chi connectivity index (χ3n) is 2.53. The van der Waals surface area contributed by atoms with Gasteiger partial charge < -0.3 is 0 Å². The first-order valence-corrected chi connectivity index (χ1v) is 4.85. The molecule has 0 spiro atoms. The second-order valence-corrected chi connectivity index (χ2v) is 5.28. The fourth-order valence-corrected chi connectivity index (χ4v) is 3.06. The lowest BCUT2D eigenvalue weighted by molar-refractivity contribution is -0.271. The molecule has 0 amide bonds. The molecule has 2 rings (SSSR count). The van der Waals surface area contributed by atoms with Crippen molar-refractivity contribution in [2.75, 3.05) is 0 Å². The molecule has 14 heavy (non-hydrogen) atoms. The number of hydrogen-bond donors (Lipinski definition) is 0. The number of rotatable bonds is 0. The minimum absolute atomic E-state index is 1.86. The van der Waals surface area contributed by atoms with Crippen molar-refractivity contribution in [2.24, 2.45) is 0 Å². The highest BCUT2D eigenvalue weighted by Crippen LogP contribution is 2.81. The van der Waals surface area contributed by atoms with Crippen LogP contribution in [0.4, 0.5) is 26.3 Å². The molecule has 4 unspecified atom stereocenters. The minimum atomic E-state index is -3.94. The van der Waals surface area contributed by atoms with Crippen LogP contribution in [0.15, 0.2) is 11.7 Å². The first-order chi connectivity index (χ1) is 6.07. The van der Waals surface area contributed by atoms with E-state index in [9.17, 15) is 26.3 Å². The standard InChI is InChI=1S/C6Br2F6/c7-5(13)3(11)1(9)2(10)4(3,12)6(5,8)14. The van der Waals surface area contributed by atoms with E-state index in [4.69, 9.17) is 0 Å². The molecule has 0 aromatic heterocycles. The summed E-state index contributed by atoms with van der Waals surface area (Å²) in [7, 11) is 0. The Balaban J connectivity index is 2.65. The van der Waals surface area contributed by atoms with Gasteiger partial charge in [0.05, 0.1) is 0 Å². The third kappa shape index (κ3) is 0.572. The Bertz CT molecular complexity index is 329. The predicted molar refractivity (Wildman–Crippen MR) is 42.5 cm³/mol. The van der Waals surface area contributed by atoms with Gasteiger partial charge in [0.1, 0.15) is 0 Å². The monoisotopic (exact) mass is 344 g/mol. The Kier molecular flexibility index (Phi) is 1.68. The lowest BCUT2D eigenvalue weighted by Crippen LogP contribution is -2.89. The summed E-state index contributed by atoms with van der Waals surface area (Å²) in [6.07, 6.45) is 0. The zero-order valence-electron chi connectivity index (χ0n) is 6.02. The Labute approximate surface area is 90.6 Å². The molecule has 80 valence electrons. The van der Waals surface area contributed by atoms with Gasteiger partial charge in [-0.1, -0.05) is 0 Å². The highest BCUT2D eigenvalue weighted by atomic mass is 79.9. The Morgan fingerprint density at radius 3 is 1.14 bits per heavy atom. The SMILES string of the molecule is FC1=C(F)C2(F)C(F)(Br)C(F)(Br)C12F. The number of allylic oxidation sites excluding steroid dienone is 2. The van der Waals surface area contributed by atoms with Crippen LogP contribution in [0.3, 0.4) is 0 Å². The van der Waals surface area contributed by atoms with Crippen LogP contribution in [0.5, 0.6) is 0 Å². The molecule has 0 nitrogen and oxygen atoms in total. The van der Waals surface area contributed by atoms with Crippen LogP contribution in [0.25, 0.3) is 0 Å². The summed E-state index contributed by atoms with van der Waals surface area (Å²) in [6, 6.07) is 0. The van der Waals surface area contributed by atoms with Crippen LogP contribution in [-0.4, -0.2) is 20.5 Å². The van der Waals surface area contributed by atoms with E-state index >= 15 is 0 Å². The van der Waals surface area contributed by atoms with E-state index in [0.717, 1.165) is 0 Å². The lowest BCUT2D eigenvalue weighted by Gasteiger charge is -2.64. The minimum Gasteiger partial charge on any atom is -0.227 e. The molecule has 1 fully saturated rings. The quantitative estimate of drug-likeness (QED) is 0.464. The topological polar surface area (TPSA) is 0 Å². The van der Waals surface area contributed by atoms with E-state index in [-0.39, 0.29) is 0 Å². The van der Waals surface area contributed by atoms with Gasteiger partial charge in [0, 0.05) is 0 Å². The maximum atomic E-state index is 13.2. The van der Waals surface area contributed by atoms with Crippen LogP contribution < -0.4 is 0 Å². The largest absolute Gasteiger partial charge is 0.256 e. The van der Waals surface area contributed by atoms with Gasteiger partial charge in [-0.15, -0.1) is 0 Å². The van der Waals surface area contributed by atoms with Crippen LogP contribution >= 0.6 is 31.9 Å². The van der Waals surface area contributed by atoms with E-state index in [1.165, 1.54) is 0 Å². The first kappa shape index (κ1) is 10.8. The molecule has 0 radical (unpaired) electrons. The highest BCUT2D eigenvalue weighted by Gasteiger charge is 3.02. The summed E-state index contributed by atoms with van der Waals surface area (Å²) in [5, 5.41) is 0. The summed E-state index contributed by atoms with van der Waals surface area (Å²) in [4.78, 5) is 0. The molecule has 0 saturated heterocycles. The number of hydrogen-bond acceptors (Lipinski definition) is 0. The van der Waals surface area contributed by atoms with Crippen molar-refractivity contribution in [3.8, 4) is 0 Å². The van der Waals surface area contributed by atoms with Crippen molar-refractivity contribution in [1.29, 1.82) is 0 Å². The summed E-state index contributed by atoms with van der Waals surface area (Å²) in [6.45, 7) is 0. The second-order valence-electron chi connectivity index (χ2n) is 3.09. The van der Waals surface area contributed by atoms with Crippen LogP contribution in [-0.2, 0) is 0 Å². The van der Waals surface area contributed by atoms with Gasteiger partial charge >= 0.3 is 0 Å². The summed E-state index contributed by atoms with van der Waals surface area (Å²) >= 11 is 3.72. The van der Waals surface area contributed by atoms with Gasteiger partial charge in [0.15, 0.2) is 11.7 Å². The molecular formula is C6Br2F6. The van der Waals surface area contributed by atoms with Crippen LogP contribution in [0.2, 0.25) is 0 Å². The summed E-state index contributed by atoms with van der Waals surface area (Å²) < 4.78 is 70.5. The third-order valence-corrected chi connectivity index (χ3v) is 5.25. The second kappa shape index (κ2) is 2.18. The van der Waals surface area contributed by atoms with E-state index < -0.39 is 32.1 Å². The molecule has 0 heterocycles. The van der Waals surface area contributed by atoms with Crippen molar-refractivity contribution in [1.82, 2.24) is 0 Å². The predicted octanol–water partition coefficient (Wildman–Crippen LogP) is 3.70. The zero-order valence-corrected chi connectivity index (χ0v) is 9.20. The number of fused-ring (bicyclic) bond motifs is 1.